The fourth-order valence-corrected chi connectivity index (χ4v) is 3.15. The second-order valence-electron chi connectivity index (χ2n) is 4.74. The molecule has 0 radical (unpaired) electrons. The van der Waals surface area contributed by atoms with Crippen molar-refractivity contribution in [3.63, 3.8) is 0 Å². The molecule has 0 saturated heterocycles. The lowest BCUT2D eigenvalue weighted by atomic mass is 10.2. The van der Waals surface area contributed by atoms with E-state index in [0.717, 1.165) is 21.7 Å². The molecular weight excluding hydrogens is 286 g/mol. The first-order valence-electron chi connectivity index (χ1n) is 6.61. The van der Waals surface area contributed by atoms with Gasteiger partial charge in [0.05, 0.1) is 12.0 Å². The van der Waals surface area contributed by atoms with Crippen molar-refractivity contribution in [2.75, 3.05) is 12.3 Å². The second-order valence-corrected chi connectivity index (χ2v) is 5.73. The number of amides is 1. The molecule has 3 rings (SSSR count). The average molecular weight is 301 g/mol. The number of thiophene rings is 1. The van der Waals surface area contributed by atoms with Gasteiger partial charge in [0.1, 0.15) is 15.5 Å². The Balaban J connectivity index is 1.73. The van der Waals surface area contributed by atoms with Crippen LogP contribution in [-0.4, -0.2) is 17.4 Å². The molecule has 3 N–H and O–H groups in total. The Bertz CT molecular complexity index is 778. The van der Waals surface area contributed by atoms with Crippen LogP contribution in [0.4, 0.5) is 5.69 Å². The Morgan fingerprint density at radius 3 is 3.05 bits per heavy atom. The molecule has 6 heteroatoms. The Kier molecular flexibility index (Phi) is 3.62. The van der Waals surface area contributed by atoms with Crippen molar-refractivity contribution in [2.24, 2.45) is 0 Å². The number of nitrogens with one attached hydrogen (secondary N) is 1. The zero-order valence-corrected chi connectivity index (χ0v) is 12.4. The zero-order chi connectivity index (χ0) is 14.8. The molecule has 0 unspecified atom stereocenters. The molecule has 5 nitrogen and oxygen atoms in total. The first-order chi connectivity index (χ1) is 10.1. The van der Waals surface area contributed by atoms with E-state index in [4.69, 9.17) is 10.2 Å². The molecule has 0 spiro atoms. The molecular formula is C15H15N3O2S. The van der Waals surface area contributed by atoms with E-state index in [1.54, 1.807) is 6.26 Å². The predicted molar refractivity (Wildman–Crippen MR) is 83.5 cm³/mol. The van der Waals surface area contributed by atoms with Crippen LogP contribution in [0.2, 0.25) is 0 Å². The summed E-state index contributed by atoms with van der Waals surface area (Å²) in [6, 6.07) is 7.51. The summed E-state index contributed by atoms with van der Waals surface area (Å²) in [4.78, 5) is 17.9. The highest BCUT2D eigenvalue weighted by Crippen LogP contribution is 2.32. The van der Waals surface area contributed by atoms with Crippen LogP contribution in [0, 0.1) is 6.92 Å². The summed E-state index contributed by atoms with van der Waals surface area (Å²) in [6.45, 7) is 2.42. The fraction of sp³-hybridized carbons (Fsp3) is 0.200. The molecule has 0 saturated carbocycles. The first kappa shape index (κ1) is 13.6. The number of rotatable bonds is 4. The van der Waals surface area contributed by atoms with Gasteiger partial charge in [0, 0.05) is 24.0 Å². The molecule has 0 aromatic carbocycles. The fourth-order valence-electron chi connectivity index (χ4n) is 2.09. The molecule has 0 aliphatic heterocycles. The maximum absolute atomic E-state index is 12.2. The number of nitrogens with two attached hydrogens (primary N) is 1. The SMILES string of the molecule is Cc1ccc2c(N)c(C(=O)NCCc3ccco3)sc2n1. The van der Waals surface area contributed by atoms with Crippen LogP contribution in [0.15, 0.2) is 34.9 Å². The molecule has 3 aromatic rings. The number of aryl methyl sites for hydroxylation is 1. The topological polar surface area (TPSA) is 81.2 Å². The highest BCUT2D eigenvalue weighted by molar-refractivity contribution is 7.21. The lowest BCUT2D eigenvalue weighted by molar-refractivity contribution is 0.0958. The van der Waals surface area contributed by atoms with E-state index < -0.39 is 0 Å². The Morgan fingerprint density at radius 2 is 2.29 bits per heavy atom. The average Bonchev–Trinajstić information content (AvgIpc) is 3.07. The summed E-state index contributed by atoms with van der Waals surface area (Å²) in [7, 11) is 0. The van der Waals surface area contributed by atoms with E-state index in [-0.39, 0.29) is 5.91 Å². The minimum atomic E-state index is -0.167. The molecule has 3 heterocycles. The number of hydrogen-bond donors (Lipinski definition) is 2. The van der Waals surface area contributed by atoms with E-state index in [1.807, 2.05) is 31.2 Å². The van der Waals surface area contributed by atoms with E-state index in [0.29, 0.717) is 23.5 Å². The lowest BCUT2D eigenvalue weighted by Gasteiger charge is -2.02. The van der Waals surface area contributed by atoms with E-state index in [2.05, 4.69) is 10.3 Å². The number of aromatic nitrogens is 1. The highest BCUT2D eigenvalue weighted by Gasteiger charge is 2.16. The molecule has 108 valence electrons. The van der Waals surface area contributed by atoms with Gasteiger partial charge in [-0.15, -0.1) is 11.3 Å². The number of carbonyl (C=O) groups excluding carboxylic acids is 1. The molecule has 0 aliphatic rings. The van der Waals surface area contributed by atoms with Crippen molar-refractivity contribution in [2.45, 2.75) is 13.3 Å². The van der Waals surface area contributed by atoms with Crippen LogP contribution in [0.25, 0.3) is 10.2 Å². The van der Waals surface area contributed by atoms with E-state index in [9.17, 15) is 4.79 Å². The van der Waals surface area contributed by atoms with Crippen LogP contribution >= 0.6 is 11.3 Å². The van der Waals surface area contributed by atoms with Gasteiger partial charge in [-0.25, -0.2) is 4.98 Å². The van der Waals surface area contributed by atoms with Crippen LogP contribution in [-0.2, 0) is 6.42 Å². The standard InChI is InChI=1S/C15H15N3O2S/c1-9-4-5-11-12(16)13(21-15(11)18-9)14(19)17-7-6-10-3-2-8-20-10/h2-5,8H,6-7,16H2,1H3,(H,17,19). The first-order valence-corrected chi connectivity index (χ1v) is 7.43. The normalized spacial score (nSPS) is 10.9. The quantitative estimate of drug-likeness (QED) is 0.776. The van der Waals surface area contributed by atoms with Gasteiger partial charge in [0.15, 0.2) is 0 Å². The van der Waals surface area contributed by atoms with Gasteiger partial charge in [-0.3, -0.25) is 4.79 Å². The van der Waals surface area contributed by atoms with Crippen LogP contribution in [0.3, 0.4) is 0 Å². The second kappa shape index (κ2) is 5.57. The number of furan rings is 1. The summed E-state index contributed by atoms with van der Waals surface area (Å²) in [5, 5.41) is 3.69. The van der Waals surface area contributed by atoms with Gasteiger partial charge in [-0.2, -0.15) is 0 Å². The molecule has 1 amide bonds. The number of nitrogens with zero attached hydrogens (tertiary/aromatic N) is 1. The van der Waals surface area contributed by atoms with Crippen molar-refractivity contribution < 1.29 is 9.21 Å². The molecule has 21 heavy (non-hydrogen) atoms. The van der Waals surface area contributed by atoms with Crippen LogP contribution in [0.1, 0.15) is 21.1 Å². The Morgan fingerprint density at radius 1 is 1.43 bits per heavy atom. The van der Waals surface area contributed by atoms with Gasteiger partial charge in [-0.1, -0.05) is 0 Å². The lowest BCUT2D eigenvalue weighted by Crippen LogP contribution is -2.25. The number of carbonyl (C=O) groups is 1. The summed E-state index contributed by atoms with van der Waals surface area (Å²) >= 11 is 1.32. The van der Waals surface area contributed by atoms with Crippen molar-refractivity contribution >= 4 is 33.1 Å². The molecule has 0 atom stereocenters. The number of anilines is 1. The number of pyridine rings is 1. The number of hydrogen-bond acceptors (Lipinski definition) is 5. The molecule has 3 aromatic heterocycles. The van der Waals surface area contributed by atoms with Gasteiger partial charge in [0.25, 0.3) is 5.91 Å². The van der Waals surface area contributed by atoms with Crippen LogP contribution in [0.5, 0.6) is 0 Å². The van der Waals surface area contributed by atoms with Crippen LogP contribution < -0.4 is 11.1 Å². The van der Waals surface area contributed by atoms with Crippen molar-refractivity contribution in [3.8, 4) is 0 Å². The third-order valence-electron chi connectivity index (χ3n) is 3.18. The summed E-state index contributed by atoms with van der Waals surface area (Å²) in [5.74, 6) is 0.677. The molecule has 0 fully saturated rings. The third kappa shape index (κ3) is 2.75. The van der Waals surface area contributed by atoms with Crippen molar-refractivity contribution in [1.29, 1.82) is 0 Å². The van der Waals surface area contributed by atoms with E-state index >= 15 is 0 Å². The van der Waals surface area contributed by atoms with E-state index in [1.165, 1.54) is 11.3 Å². The Hall–Kier alpha value is -2.34. The number of fused-ring (bicyclic) bond motifs is 1. The largest absolute Gasteiger partial charge is 0.469 e. The monoisotopic (exact) mass is 301 g/mol. The van der Waals surface area contributed by atoms with Gasteiger partial charge < -0.3 is 15.5 Å². The zero-order valence-electron chi connectivity index (χ0n) is 11.6. The summed E-state index contributed by atoms with van der Waals surface area (Å²) in [5.41, 5.74) is 7.46. The smallest absolute Gasteiger partial charge is 0.263 e. The summed E-state index contributed by atoms with van der Waals surface area (Å²) < 4.78 is 5.22. The van der Waals surface area contributed by atoms with Crippen molar-refractivity contribution in [1.82, 2.24) is 10.3 Å². The molecule has 0 bridgehead atoms. The summed E-state index contributed by atoms with van der Waals surface area (Å²) in [6.07, 6.45) is 2.27. The van der Waals surface area contributed by atoms with Gasteiger partial charge in [0.2, 0.25) is 0 Å². The molecule has 0 aliphatic carbocycles. The minimum Gasteiger partial charge on any atom is -0.469 e. The maximum Gasteiger partial charge on any atom is 0.263 e. The van der Waals surface area contributed by atoms with Crippen molar-refractivity contribution in [3.05, 3.63) is 46.9 Å². The number of nitrogen functional groups attached to an aromatic ring is 1. The highest BCUT2D eigenvalue weighted by atomic mass is 32.1. The predicted octanol–water partition coefficient (Wildman–Crippen LogP) is 2.75. The minimum absolute atomic E-state index is 0.167. The van der Waals surface area contributed by atoms with Gasteiger partial charge >= 0.3 is 0 Å². The third-order valence-corrected chi connectivity index (χ3v) is 4.29. The maximum atomic E-state index is 12.2. The van der Waals surface area contributed by atoms with Gasteiger partial charge in [-0.05, 0) is 31.2 Å². The Labute approximate surface area is 125 Å².